The lowest BCUT2D eigenvalue weighted by atomic mass is 9.85. The molecule has 2 saturated heterocycles. The number of amides is 3. The largest absolute Gasteiger partial charge is 0.376 e. The number of nitriles is 1. The summed E-state index contributed by atoms with van der Waals surface area (Å²) in [5, 5.41) is 14.8. The van der Waals surface area contributed by atoms with E-state index >= 15 is 4.39 Å². The highest BCUT2D eigenvalue weighted by Crippen LogP contribution is 2.38. The molecule has 0 bridgehead atoms. The van der Waals surface area contributed by atoms with Gasteiger partial charge in [-0.2, -0.15) is 5.26 Å². The van der Waals surface area contributed by atoms with Gasteiger partial charge in [0.05, 0.1) is 28.4 Å². The van der Waals surface area contributed by atoms with Crippen molar-refractivity contribution in [2.75, 3.05) is 31.6 Å². The van der Waals surface area contributed by atoms with Gasteiger partial charge in [0.2, 0.25) is 0 Å². The van der Waals surface area contributed by atoms with Gasteiger partial charge in [-0.3, -0.25) is 4.79 Å². The van der Waals surface area contributed by atoms with Crippen molar-refractivity contribution in [2.24, 2.45) is 0 Å². The third kappa shape index (κ3) is 5.80. The van der Waals surface area contributed by atoms with Crippen molar-refractivity contribution < 1.29 is 18.7 Å². The number of nitrogens with one attached hydrogen (secondary N) is 2. The maximum atomic E-state index is 15.7. The zero-order valence-electron chi connectivity index (χ0n) is 20.3. The van der Waals surface area contributed by atoms with Gasteiger partial charge in [0.15, 0.2) is 0 Å². The first kappa shape index (κ1) is 25.9. The Hall–Kier alpha value is -3.15. The molecule has 190 valence electrons. The van der Waals surface area contributed by atoms with Crippen LogP contribution in [0.15, 0.2) is 36.4 Å². The maximum absolute atomic E-state index is 15.7. The average molecular weight is 513 g/mol. The second-order valence-corrected chi connectivity index (χ2v) is 9.67. The number of rotatable bonds is 6. The molecule has 9 heteroatoms. The number of likely N-dealkylation sites (tertiary alicyclic amines) is 1. The number of anilines is 1. The summed E-state index contributed by atoms with van der Waals surface area (Å²) in [6.07, 6.45) is 2.81. The highest BCUT2D eigenvalue weighted by Gasteiger charge is 2.38. The smallest absolute Gasteiger partial charge is 0.319 e. The summed E-state index contributed by atoms with van der Waals surface area (Å²) in [6, 6.07) is 11.4. The van der Waals surface area contributed by atoms with Gasteiger partial charge in [-0.05, 0) is 54.7 Å². The number of urea groups is 1. The average Bonchev–Trinajstić information content (AvgIpc) is 3.42. The number of piperidine rings is 1. The fourth-order valence-electron chi connectivity index (χ4n) is 4.75. The molecule has 0 spiro atoms. The van der Waals surface area contributed by atoms with E-state index in [1.165, 1.54) is 0 Å². The summed E-state index contributed by atoms with van der Waals surface area (Å²) in [4.78, 5) is 27.5. The number of halogens is 2. The minimum atomic E-state index is -1.55. The van der Waals surface area contributed by atoms with Gasteiger partial charge in [-0.25, -0.2) is 9.18 Å². The highest BCUT2D eigenvalue weighted by atomic mass is 35.5. The number of ether oxygens (including phenoxy) is 1. The van der Waals surface area contributed by atoms with Gasteiger partial charge in [-0.1, -0.05) is 30.7 Å². The molecule has 2 aliphatic heterocycles. The van der Waals surface area contributed by atoms with E-state index in [0.717, 1.165) is 18.4 Å². The van der Waals surface area contributed by atoms with E-state index in [4.69, 9.17) is 21.6 Å². The Bertz CT molecular complexity index is 1150. The van der Waals surface area contributed by atoms with Crippen LogP contribution < -0.4 is 10.6 Å². The van der Waals surface area contributed by atoms with Crippen molar-refractivity contribution in [3.8, 4) is 6.07 Å². The Kier molecular flexibility index (Phi) is 8.12. The summed E-state index contributed by atoms with van der Waals surface area (Å²) >= 11 is 6.41. The van der Waals surface area contributed by atoms with E-state index in [1.807, 2.05) is 13.0 Å². The van der Waals surface area contributed by atoms with Crippen LogP contribution in [0.5, 0.6) is 0 Å². The van der Waals surface area contributed by atoms with Crippen molar-refractivity contribution in [1.29, 1.82) is 5.26 Å². The highest BCUT2D eigenvalue weighted by molar-refractivity contribution is 6.34. The van der Waals surface area contributed by atoms with Crippen molar-refractivity contribution in [3.63, 3.8) is 0 Å². The predicted molar refractivity (Wildman–Crippen MR) is 136 cm³/mol. The molecule has 2 aromatic carbocycles. The number of nitrogens with zero attached hydrogens (tertiary/aromatic N) is 2. The summed E-state index contributed by atoms with van der Waals surface area (Å²) < 4.78 is 21.2. The summed E-state index contributed by atoms with van der Waals surface area (Å²) in [5.41, 5.74) is 1.01. The fraction of sp³-hybridized carbons (Fsp3) is 0.444. The molecule has 7 nitrogen and oxygen atoms in total. The Labute approximate surface area is 215 Å². The van der Waals surface area contributed by atoms with Crippen LogP contribution in [-0.4, -0.2) is 49.2 Å². The Balaban J connectivity index is 1.43. The van der Waals surface area contributed by atoms with Crippen LogP contribution in [0.1, 0.15) is 59.7 Å². The van der Waals surface area contributed by atoms with Gasteiger partial charge in [0.1, 0.15) is 5.67 Å². The van der Waals surface area contributed by atoms with Crippen LogP contribution in [0, 0.1) is 11.3 Å². The Morgan fingerprint density at radius 3 is 2.58 bits per heavy atom. The fourth-order valence-corrected chi connectivity index (χ4v) is 4.98. The lowest BCUT2D eigenvalue weighted by Gasteiger charge is -2.37. The maximum Gasteiger partial charge on any atom is 0.319 e. The molecule has 1 atom stereocenters. The molecule has 3 amide bonds. The molecule has 4 rings (SSSR count). The van der Waals surface area contributed by atoms with Crippen molar-refractivity contribution in [3.05, 3.63) is 63.7 Å². The second kappa shape index (κ2) is 11.3. The van der Waals surface area contributed by atoms with Gasteiger partial charge in [0, 0.05) is 44.6 Å². The molecule has 0 aliphatic carbocycles. The standard InChI is InChI=1S/C27H30ClFN4O3/c1-2-19-14-23(28)24(32-26(35)31-17-21-4-3-13-36-21)15-22(19)25(34)33-11-9-27(29,10-12-33)20-7-5-18(16-30)6-8-20/h5-8,14-15,21H,2-4,9-13,17H2,1H3,(H2,31,32,35)/t21-/m1/s1. The van der Waals surface area contributed by atoms with Crippen LogP contribution in [0.4, 0.5) is 14.9 Å². The summed E-state index contributed by atoms with van der Waals surface area (Å²) in [7, 11) is 0. The predicted octanol–water partition coefficient (Wildman–Crippen LogP) is 5.18. The van der Waals surface area contributed by atoms with Crippen molar-refractivity contribution >= 4 is 29.2 Å². The Morgan fingerprint density at radius 1 is 1.25 bits per heavy atom. The minimum absolute atomic E-state index is 0.0110. The third-order valence-corrected chi connectivity index (χ3v) is 7.25. The zero-order chi connectivity index (χ0) is 25.7. The Morgan fingerprint density at radius 2 is 1.97 bits per heavy atom. The van der Waals surface area contributed by atoms with E-state index in [9.17, 15) is 9.59 Å². The molecule has 2 fully saturated rings. The molecule has 2 aliphatic rings. The van der Waals surface area contributed by atoms with E-state index in [2.05, 4.69) is 10.6 Å². The second-order valence-electron chi connectivity index (χ2n) is 9.26. The SMILES string of the molecule is CCc1cc(Cl)c(NC(=O)NC[C@H]2CCCO2)cc1C(=O)N1CCC(F)(c2ccc(C#N)cc2)CC1. The van der Waals surface area contributed by atoms with Gasteiger partial charge < -0.3 is 20.3 Å². The number of aryl methyl sites for hydroxylation is 1. The van der Waals surface area contributed by atoms with E-state index in [1.54, 1.807) is 41.3 Å². The molecule has 2 N–H and O–H groups in total. The van der Waals surface area contributed by atoms with E-state index < -0.39 is 11.7 Å². The van der Waals surface area contributed by atoms with Crippen LogP contribution in [0.25, 0.3) is 0 Å². The topological polar surface area (TPSA) is 94.5 Å². The van der Waals surface area contributed by atoms with Crippen LogP contribution in [-0.2, 0) is 16.8 Å². The first-order chi connectivity index (χ1) is 17.3. The molecular formula is C27H30ClFN4O3. The normalized spacial score (nSPS) is 18.9. The molecule has 0 unspecified atom stereocenters. The quantitative estimate of drug-likeness (QED) is 0.558. The molecule has 36 heavy (non-hydrogen) atoms. The zero-order valence-corrected chi connectivity index (χ0v) is 21.0. The molecular weight excluding hydrogens is 483 g/mol. The molecule has 0 saturated carbocycles. The van der Waals surface area contributed by atoms with E-state index in [0.29, 0.717) is 47.0 Å². The van der Waals surface area contributed by atoms with Crippen LogP contribution in [0.3, 0.4) is 0 Å². The molecule has 0 radical (unpaired) electrons. The van der Waals surface area contributed by atoms with Gasteiger partial charge in [-0.15, -0.1) is 0 Å². The summed E-state index contributed by atoms with van der Waals surface area (Å²) in [5.74, 6) is -0.215. The number of carbonyl (C=O) groups excluding carboxylic acids is 2. The minimum Gasteiger partial charge on any atom is -0.376 e. The monoisotopic (exact) mass is 512 g/mol. The van der Waals surface area contributed by atoms with Crippen LogP contribution in [0.2, 0.25) is 5.02 Å². The number of benzene rings is 2. The lowest BCUT2D eigenvalue weighted by Crippen LogP contribution is -2.43. The van der Waals surface area contributed by atoms with E-state index in [-0.39, 0.29) is 37.9 Å². The van der Waals surface area contributed by atoms with Crippen molar-refractivity contribution in [1.82, 2.24) is 10.2 Å². The van der Waals surface area contributed by atoms with Gasteiger partial charge >= 0.3 is 6.03 Å². The first-order valence-electron chi connectivity index (χ1n) is 12.3. The third-order valence-electron chi connectivity index (χ3n) is 6.94. The van der Waals surface area contributed by atoms with Crippen molar-refractivity contribution in [2.45, 2.75) is 50.8 Å². The van der Waals surface area contributed by atoms with Crippen LogP contribution >= 0.6 is 11.6 Å². The van der Waals surface area contributed by atoms with Gasteiger partial charge in [0.25, 0.3) is 5.91 Å². The number of carbonyl (C=O) groups is 2. The first-order valence-corrected chi connectivity index (χ1v) is 12.7. The molecule has 2 aromatic rings. The lowest BCUT2D eigenvalue weighted by molar-refractivity contribution is 0.0420. The molecule has 2 heterocycles. The summed E-state index contributed by atoms with van der Waals surface area (Å²) in [6.45, 7) is 3.55. The number of alkyl halides is 1. The number of hydrogen-bond donors (Lipinski definition) is 2. The molecule has 0 aromatic heterocycles. The number of hydrogen-bond acceptors (Lipinski definition) is 4.